The first-order valence-electron chi connectivity index (χ1n) is 9.83. The van der Waals surface area contributed by atoms with Crippen molar-refractivity contribution in [3.8, 4) is 11.6 Å². The van der Waals surface area contributed by atoms with Gasteiger partial charge >= 0.3 is 5.97 Å². The molecule has 2 aromatic carbocycles. The first kappa shape index (κ1) is 22.0. The summed E-state index contributed by atoms with van der Waals surface area (Å²) in [5.74, 6) is -0.557. The molecule has 0 aliphatic carbocycles. The number of rotatable bonds is 7. The van der Waals surface area contributed by atoms with E-state index in [1.165, 1.54) is 28.8 Å². The number of thiocarbonyl (C=S) groups is 1. The van der Waals surface area contributed by atoms with Crippen molar-refractivity contribution in [3.05, 3.63) is 64.8 Å². The molecular formula is C23H19FN2O4S2. The molecule has 0 atom stereocenters. The van der Waals surface area contributed by atoms with Crippen molar-refractivity contribution >= 4 is 57.2 Å². The Bertz CT molecular complexity index is 1250. The zero-order valence-corrected chi connectivity index (χ0v) is 18.7. The molecule has 0 radical (unpaired) electrons. The fourth-order valence-corrected chi connectivity index (χ4v) is 4.78. The molecule has 1 amide bonds. The Morgan fingerprint density at radius 2 is 1.94 bits per heavy atom. The van der Waals surface area contributed by atoms with Gasteiger partial charge in [-0.15, -0.1) is 0 Å². The summed E-state index contributed by atoms with van der Waals surface area (Å²) in [6, 6.07) is 13.4. The molecule has 0 unspecified atom stereocenters. The Balaban J connectivity index is 1.71. The number of carboxylic acids is 1. The second-order valence-electron chi connectivity index (χ2n) is 7.18. The molecule has 2 heterocycles. The number of nitrogens with zero attached hydrogens (tertiary/aromatic N) is 2. The van der Waals surface area contributed by atoms with E-state index in [-0.39, 0.29) is 24.7 Å². The second kappa shape index (κ2) is 9.13. The van der Waals surface area contributed by atoms with E-state index in [1.807, 2.05) is 35.9 Å². The third kappa shape index (κ3) is 4.39. The summed E-state index contributed by atoms with van der Waals surface area (Å²) >= 11 is 6.53. The SMILES string of the molecule is Cn1c(Oc2ccc(F)cc2)c(/C=C2/SC(=S)N(CCCC(=O)O)C2=O)c2ccccc21. The lowest BCUT2D eigenvalue weighted by Gasteiger charge is -2.13. The summed E-state index contributed by atoms with van der Waals surface area (Å²) in [6.45, 7) is 0.253. The minimum Gasteiger partial charge on any atom is -0.481 e. The zero-order chi connectivity index (χ0) is 22.8. The van der Waals surface area contributed by atoms with E-state index < -0.39 is 5.97 Å². The Kier molecular flexibility index (Phi) is 6.29. The van der Waals surface area contributed by atoms with Crippen molar-refractivity contribution in [1.29, 1.82) is 0 Å². The van der Waals surface area contributed by atoms with Crippen LogP contribution in [-0.4, -0.2) is 37.3 Å². The van der Waals surface area contributed by atoms with Gasteiger partial charge in [-0.05, 0) is 42.8 Å². The lowest BCUT2D eigenvalue weighted by atomic mass is 10.1. The number of carboxylic acid groups (broad SMARTS) is 1. The standard InChI is InChI=1S/C23H19FN2O4S2/c1-25-18-6-3-2-5-16(18)17(22(25)30-15-10-8-14(24)9-11-15)13-19-21(29)26(23(31)32-19)12-4-7-20(27)28/h2-3,5-6,8-11,13H,4,7,12H2,1H3,(H,27,28)/b19-13+. The quantitative estimate of drug-likeness (QED) is 0.379. The molecule has 1 aromatic heterocycles. The number of benzene rings is 2. The average Bonchev–Trinajstić information content (AvgIpc) is 3.18. The number of aromatic nitrogens is 1. The molecule has 9 heteroatoms. The normalized spacial score (nSPS) is 15.2. The molecule has 0 spiro atoms. The molecule has 4 rings (SSSR count). The summed E-state index contributed by atoms with van der Waals surface area (Å²) in [4.78, 5) is 25.6. The molecule has 1 fully saturated rings. The minimum atomic E-state index is -0.913. The fraction of sp³-hybridized carbons (Fsp3) is 0.174. The molecule has 1 aliphatic rings. The Morgan fingerprint density at radius 1 is 1.22 bits per heavy atom. The van der Waals surface area contributed by atoms with Gasteiger partial charge in [-0.25, -0.2) is 4.39 Å². The molecule has 3 aromatic rings. The fourth-order valence-electron chi connectivity index (χ4n) is 3.49. The predicted octanol–water partition coefficient (Wildman–Crippen LogP) is 5.18. The molecule has 32 heavy (non-hydrogen) atoms. The van der Waals surface area contributed by atoms with Gasteiger partial charge in [-0.2, -0.15) is 0 Å². The Labute approximate surface area is 193 Å². The predicted molar refractivity (Wildman–Crippen MR) is 126 cm³/mol. The van der Waals surface area contributed by atoms with Crippen LogP contribution < -0.4 is 4.74 Å². The smallest absolute Gasteiger partial charge is 0.303 e. The molecule has 164 valence electrons. The van der Waals surface area contributed by atoms with E-state index in [1.54, 1.807) is 18.2 Å². The van der Waals surface area contributed by atoms with Crippen LogP contribution in [0, 0.1) is 5.82 Å². The number of hydrogen-bond donors (Lipinski definition) is 1. The lowest BCUT2D eigenvalue weighted by molar-refractivity contribution is -0.137. The topological polar surface area (TPSA) is 71.8 Å². The van der Waals surface area contributed by atoms with Crippen LogP contribution in [0.2, 0.25) is 0 Å². The highest BCUT2D eigenvalue weighted by Crippen LogP contribution is 2.39. The van der Waals surface area contributed by atoms with Gasteiger partial charge in [0.15, 0.2) is 0 Å². The van der Waals surface area contributed by atoms with Crippen molar-refractivity contribution in [1.82, 2.24) is 9.47 Å². The summed E-state index contributed by atoms with van der Waals surface area (Å²) in [6.07, 6.45) is 2.04. The average molecular weight is 471 g/mol. The van der Waals surface area contributed by atoms with Gasteiger partial charge in [0.2, 0.25) is 5.88 Å². The van der Waals surface area contributed by atoms with Gasteiger partial charge in [-0.3, -0.25) is 14.5 Å². The zero-order valence-electron chi connectivity index (χ0n) is 17.1. The van der Waals surface area contributed by atoms with Crippen LogP contribution in [-0.2, 0) is 16.6 Å². The summed E-state index contributed by atoms with van der Waals surface area (Å²) in [5, 5.41) is 9.74. The van der Waals surface area contributed by atoms with Crippen molar-refractivity contribution in [3.63, 3.8) is 0 Å². The van der Waals surface area contributed by atoms with E-state index >= 15 is 0 Å². The van der Waals surface area contributed by atoms with Crippen LogP contribution in [0.4, 0.5) is 4.39 Å². The molecular weight excluding hydrogens is 451 g/mol. The third-order valence-corrected chi connectivity index (χ3v) is 6.42. The van der Waals surface area contributed by atoms with E-state index in [0.717, 1.165) is 10.9 Å². The van der Waals surface area contributed by atoms with E-state index in [9.17, 15) is 14.0 Å². The number of para-hydroxylation sites is 1. The lowest BCUT2D eigenvalue weighted by Crippen LogP contribution is -2.29. The van der Waals surface area contributed by atoms with Gasteiger partial charge in [0.25, 0.3) is 5.91 Å². The van der Waals surface area contributed by atoms with Gasteiger partial charge < -0.3 is 14.4 Å². The maximum absolute atomic E-state index is 13.3. The van der Waals surface area contributed by atoms with Gasteiger partial charge in [0.05, 0.1) is 10.4 Å². The monoisotopic (exact) mass is 470 g/mol. The number of fused-ring (bicyclic) bond motifs is 1. The number of hydrogen-bond acceptors (Lipinski definition) is 5. The first-order valence-corrected chi connectivity index (χ1v) is 11.1. The van der Waals surface area contributed by atoms with Crippen LogP contribution in [0.5, 0.6) is 11.6 Å². The van der Waals surface area contributed by atoms with Crippen LogP contribution in [0.1, 0.15) is 18.4 Å². The third-order valence-electron chi connectivity index (χ3n) is 5.04. The van der Waals surface area contributed by atoms with Crippen molar-refractivity contribution in [2.24, 2.45) is 7.05 Å². The van der Waals surface area contributed by atoms with E-state index in [2.05, 4.69) is 0 Å². The highest BCUT2D eigenvalue weighted by atomic mass is 32.2. The number of amides is 1. The van der Waals surface area contributed by atoms with E-state index in [4.69, 9.17) is 22.1 Å². The van der Waals surface area contributed by atoms with Crippen molar-refractivity contribution in [2.45, 2.75) is 12.8 Å². The van der Waals surface area contributed by atoms with Crippen LogP contribution in [0.3, 0.4) is 0 Å². The van der Waals surface area contributed by atoms with Crippen molar-refractivity contribution < 1.29 is 23.8 Å². The molecule has 1 N–H and O–H groups in total. The highest BCUT2D eigenvalue weighted by Gasteiger charge is 2.32. The maximum Gasteiger partial charge on any atom is 0.303 e. The van der Waals surface area contributed by atoms with Crippen LogP contribution >= 0.6 is 24.0 Å². The molecule has 0 saturated carbocycles. The summed E-state index contributed by atoms with van der Waals surface area (Å²) in [5.41, 5.74) is 1.62. The van der Waals surface area contributed by atoms with Crippen LogP contribution in [0.15, 0.2) is 53.4 Å². The maximum atomic E-state index is 13.3. The Hall–Kier alpha value is -3.17. The number of thioether (sulfide) groups is 1. The number of halogens is 1. The number of carbonyl (C=O) groups is 2. The highest BCUT2D eigenvalue weighted by molar-refractivity contribution is 8.26. The molecule has 1 aliphatic heterocycles. The summed E-state index contributed by atoms with van der Waals surface area (Å²) in [7, 11) is 1.86. The summed E-state index contributed by atoms with van der Waals surface area (Å²) < 4.78 is 21.7. The minimum absolute atomic E-state index is 0.0327. The first-order chi connectivity index (χ1) is 15.3. The molecule has 0 bridgehead atoms. The molecule has 6 nitrogen and oxygen atoms in total. The Morgan fingerprint density at radius 3 is 2.66 bits per heavy atom. The number of aryl methyl sites for hydroxylation is 1. The number of ether oxygens (including phenoxy) is 1. The van der Waals surface area contributed by atoms with Gasteiger partial charge in [0.1, 0.15) is 15.9 Å². The van der Waals surface area contributed by atoms with Crippen LogP contribution in [0.25, 0.3) is 17.0 Å². The second-order valence-corrected chi connectivity index (χ2v) is 8.86. The van der Waals surface area contributed by atoms with Gasteiger partial charge in [0, 0.05) is 31.0 Å². The largest absolute Gasteiger partial charge is 0.481 e. The van der Waals surface area contributed by atoms with Crippen molar-refractivity contribution in [2.75, 3.05) is 6.54 Å². The van der Waals surface area contributed by atoms with E-state index in [0.29, 0.717) is 32.8 Å². The number of aliphatic carboxylic acids is 1. The number of carbonyl (C=O) groups excluding carboxylic acids is 1. The van der Waals surface area contributed by atoms with Gasteiger partial charge in [-0.1, -0.05) is 42.2 Å². The molecule has 1 saturated heterocycles.